The molecule has 0 spiro atoms. The number of halogens is 1. The third kappa shape index (κ3) is 2.38. The first-order chi connectivity index (χ1) is 10.2. The second-order valence-corrected chi connectivity index (χ2v) is 6.51. The Balaban J connectivity index is 1.75. The van der Waals surface area contributed by atoms with Crippen molar-refractivity contribution in [3.8, 4) is 0 Å². The molecule has 0 saturated heterocycles. The van der Waals surface area contributed by atoms with Crippen LogP contribution in [0.1, 0.15) is 35.1 Å². The van der Waals surface area contributed by atoms with Gasteiger partial charge in [-0.1, -0.05) is 16.1 Å². The summed E-state index contributed by atoms with van der Waals surface area (Å²) < 4.78 is 3.91. The Labute approximate surface area is 131 Å². The fourth-order valence-corrected chi connectivity index (χ4v) is 3.25. The summed E-state index contributed by atoms with van der Waals surface area (Å²) in [6.07, 6.45) is 2.13. The highest BCUT2D eigenvalue weighted by atomic mass is 35.5. The number of carbonyl (C=O) groups excluding carboxylic acids is 1. The van der Waals surface area contributed by atoms with Crippen LogP contribution in [-0.2, 0) is 0 Å². The SMILES string of the molecule is O=C1c2cc(Cl)ccc2NC(c2csnn2)N1CC1CC1. The zero-order valence-corrected chi connectivity index (χ0v) is 12.7. The van der Waals surface area contributed by atoms with E-state index in [1.807, 2.05) is 16.3 Å². The van der Waals surface area contributed by atoms with Crippen LogP contribution >= 0.6 is 23.1 Å². The Kier molecular flexibility index (Phi) is 3.08. The summed E-state index contributed by atoms with van der Waals surface area (Å²) in [6, 6.07) is 5.35. The number of nitrogens with zero attached hydrogens (tertiary/aromatic N) is 3. The molecule has 1 unspecified atom stereocenters. The molecule has 1 N–H and O–H groups in total. The van der Waals surface area contributed by atoms with Crippen molar-refractivity contribution in [3.05, 3.63) is 39.9 Å². The van der Waals surface area contributed by atoms with Crippen LogP contribution < -0.4 is 5.32 Å². The van der Waals surface area contributed by atoms with Gasteiger partial charge in [-0.05, 0) is 48.5 Å². The van der Waals surface area contributed by atoms with Gasteiger partial charge >= 0.3 is 0 Å². The second-order valence-electron chi connectivity index (χ2n) is 5.47. The molecule has 7 heteroatoms. The van der Waals surface area contributed by atoms with E-state index in [0.717, 1.165) is 17.9 Å². The minimum absolute atomic E-state index is 0.0103. The lowest BCUT2D eigenvalue weighted by atomic mass is 10.1. The maximum atomic E-state index is 12.8. The van der Waals surface area contributed by atoms with Crippen molar-refractivity contribution >= 4 is 34.7 Å². The van der Waals surface area contributed by atoms with Crippen LogP contribution in [0.4, 0.5) is 5.69 Å². The number of amides is 1. The number of nitrogens with one attached hydrogen (secondary N) is 1. The highest BCUT2D eigenvalue weighted by Crippen LogP contribution is 2.38. The summed E-state index contributed by atoms with van der Waals surface area (Å²) in [5.74, 6) is 0.613. The van der Waals surface area contributed by atoms with Crippen LogP contribution in [0.25, 0.3) is 0 Å². The van der Waals surface area contributed by atoms with E-state index in [2.05, 4.69) is 14.9 Å². The van der Waals surface area contributed by atoms with Crippen molar-refractivity contribution in [2.75, 3.05) is 11.9 Å². The van der Waals surface area contributed by atoms with Crippen LogP contribution in [0.15, 0.2) is 23.6 Å². The average Bonchev–Trinajstić information content (AvgIpc) is 3.13. The number of aromatic nitrogens is 2. The Hall–Kier alpha value is -1.66. The second kappa shape index (κ2) is 4.96. The van der Waals surface area contributed by atoms with Crippen LogP contribution in [0, 0.1) is 5.92 Å². The number of benzene rings is 1. The zero-order valence-electron chi connectivity index (χ0n) is 11.1. The van der Waals surface area contributed by atoms with Crippen molar-refractivity contribution in [2.45, 2.75) is 19.0 Å². The molecule has 5 nitrogen and oxygen atoms in total. The lowest BCUT2D eigenvalue weighted by molar-refractivity contribution is 0.0669. The van der Waals surface area contributed by atoms with E-state index in [4.69, 9.17) is 11.6 Å². The molecule has 1 aliphatic heterocycles. The van der Waals surface area contributed by atoms with Crippen molar-refractivity contribution in [2.24, 2.45) is 5.92 Å². The number of hydrogen-bond donors (Lipinski definition) is 1. The standard InChI is InChI=1S/C14H13ClN4OS/c15-9-3-4-11-10(5-9)14(20)19(6-8-1-2-8)13(16-11)12-7-21-18-17-12/h3-5,7-8,13,16H,1-2,6H2. The molecule has 2 heterocycles. The molecule has 1 saturated carbocycles. The molecule has 1 aromatic carbocycles. The quantitative estimate of drug-likeness (QED) is 0.943. The third-order valence-electron chi connectivity index (χ3n) is 3.89. The molecule has 1 aliphatic carbocycles. The van der Waals surface area contributed by atoms with E-state index in [1.54, 1.807) is 12.1 Å². The van der Waals surface area contributed by atoms with Gasteiger partial charge in [0.2, 0.25) is 0 Å². The summed E-state index contributed by atoms with van der Waals surface area (Å²) in [5.41, 5.74) is 2.21. The van der Waals surface area contributed by atoms with Gasteiger partial charge in [0.25, 0.3) is 5.91 Å². The summed E-state index contributed by atoms with van der Waals surface area (Å²) >= 11 is 7.32. The third-order valence-corrected chi connectivity index (χ3v) is 4.64. The molecule has 0 bridgehead atoms. The Bertz CT molecular complexity index is 686. The molecule has 4 rings (SSSR count). The van der Waals surface area contributed by atoms with E-state index >= 15 is 0 Å². The van der Waals surface area contributed by atoms with Gasteiger partial charge in [-0.2, -0.15) is 0 Å². The lowest BCUT2D eigenvalue weighted by Crippen LogP contribution is -2.44. The fourth-order valence-electron chi connectivity index (χ4n) is 2.61. The minimum Gasteiger partial charge on any atom is -0.359 e. The Morgan fingerprint density at radius 3 is 3.00 bits per heavy atom. The van der Waals surface area contributed by atoms with Gasteiger partial charge in [0.15, 0.2) is 0 Å². The number of fused-ring (bicyclic) bond motifs is 1. The maximum absolute atomic E-state index is 12.8. The normalized spacial score (nSPS) is 21.1. The molecule has 1 amide bonds. The minimum atomic E-state index is -0.245. The average molecular weight is 321 g/mol. The van der Waals surface area contributed by atoms with Gasteiger partial charge in [-0.3, -0.25) is 4.79 Å². The predicted octanol–water partition coefficient (Wildman–Crippen LogP) is 3.17. The van der Waals surface area contributed by atoms with Crippen molar-refractivity contribution in [1.29, 1.82) is 0 Å². The van der Waals surface area contributed by atoms with Gasteiger partial charge in [-0.15, -0.1) is 5.10 Å². The molecule has 0 radical (unpaired) electrons. The maximum Gasteiger partial charge on any atom is 0.257 e. The molecule has 2 aromatic rings. The van der Waals surface area contributed by atoms with Crippen LogP contribution in [0.5, 0.6) is 0 Å². The number of rotatable bonds is 3. The molecular weight excluding hydrogens is 308 g/mol. The van der Waals surface area contributed by atoms with Gasteiger partial charge in [0.05, 0.1) is 5.56 Å². The van der Waals surface area contributed by atoms with E-state index in [1.165, 1.54) is 24.4 Å². The van der Waals surface area contributed by atoms with E-state index in [0.29, 0.717) is 16.5 Å². The predicted molar refractivity (Wildman–Crippen MR) is 81.5 cm³/mol. The summed E-state index contributed by atoms with van der Waals surface area (Å²) in [6.45, 7) is 0.750. The highest BCUT2D eigenvalue weighted by Gasteiger charge is 2.37. The van der Waals surface area contributed by atoms with Gasteiger partial charge in [0.1, 0.15) is 11.9 Å². The fraction of sp³-hybridized carbons (Fsp3) is 0.357. The molecule has 1 fully saturated rings. The number of anilines is 1. The molecular formula is C14H13ClN4OS. The number of hydrogen-bond acceptors (Lipinski definition) is 5. The molecule has 1 atom stereocenters. The topological polar surface area (TPSA) is 58.1 Å². The summed E-state index contributed by atoms with van der Waals surface area (Å²) in [7, 11) is 0. The molecule has 108 valence electrons. The van der Waals surface area contributed by atoms with E-state index in [9.17, 15) is 4.79 Å². The summed E-state index contributed by atoms with van der Waals surface area (Å²) in [4.78, 5) is 14.7. The van der Waals surface area contributed by atoms with Crippen LogP contribution in [0.2, 0.25) is 5.02 Å². The molecule has 1 aromatic heterocycles. The first kappa shape index (κ1) is 13.0. The molecule has 21 heavy (non-hydrogen) atoms. The lowest BCUT2D eigenvalue weighted by Gasteiger charge is -2.37. The first-order valence-corrected chi connectivity index (χ1v) is 8.08. The van der Waals surface area contributed by atoms with Gasteiger partial charge < -0.3 is 10.2 Å². The largest absolute Gasteiger partial charge is 0.359 e. The zero-order chi connectivity index (χ0) is 14.4. The Morgan fingerprint density at radius 2 is 2.29 bits per heavy atom. The van der Waals surface area contributed by atoms with Crippen LogP contribution in [-0.4, -0.2) is 26.9 Å². The molecule has 2 aliphatic rings. The van der Waals surface area contributed by atoms with E-state index < -0.39 is 0 Å². The van der Waals surface area contributed by atoms with Crippen LogP contribution in [0.3, 0.4) is 0 Å². The number of carbonyl (C=O) groups is 1. The Morgan fingerprint density at radius 1 is 1.43 bits per heavy atom. The smallest absolute Gasteiger partial charge is 0.257 e. The highest BCUT2D eigenvalue weighted by molar-refractivity contribution is 7.03. The summed E-state index contributed by atoms with van der Waals surface area (Å²) in [5, 5.41) is 9.97. The van der Waals surface area contributed by atoms with Crippen molar-refractivity contribution in [3.63, 3.8) is 0 Å². The van der Waals surface area contributed by atoms with Crippen molar-refractivity contribution in [1.82, 2.24) is 14.5 Å². The monoisotopic (exact) mass is 320 g/mol. The van der Waals surface area contributed by atoms with E-state index in [-0.39, 0.29) is 12.1 Å². The van der Waals surface area contributed by atoms with Gasteiger partial charge in [-0.25, -0.2) is 0 Å². The first-order valence-electron chi connectivity index (χ1n) is 6.86. The van der Waals surface area contributed by atoms with Crippen molar-refractivity contribution < 1.29 is 4.79 Å². The van der Waals surface area contributed by atoms with Gasteiger partial charge in [0, 0.05) is 22.6 Å².